The molecule has 1 rings (SSSR count). The zero-order valence-corrected chi connectivity index (χ0v) is 9.52. The van der Waals surface area contributed by atoms with E-state index in [1.807, 2.05) is 0 Å². The first-order valence-corrected chi connectivity index (χ1v) is 5.03. The third-order valence-electron chi connectivity index (χ3n) is 2.10. The number of Topliss-reactive ketones (excluding diaryl/α,β-unsaturated/α-hetero) is 1. The normalized spacial score (nSPS) is 12.4. The molecular weight excluding hydrogens is 278 g/mol. The summed E-state index contributed by atoms with van der Waals surface area (Å²) in [5.41, 5.74) is -2.49. The molecule has 0 atom stereocenters. The van der Waals surface area contributed by atoms with Crippen LogP contribution in [0, 0.1) is 0 Å². The van der Waals surface area contributed by atoms with Gasteiger partial charge in [-0.05, 0) is 25.1 Å². The van der Waals surface area contributed by atoms with Gasteiger partial charge < -0.3 is 4.74 Å². The molecule has 0 fully saturated rings. The van der Waals surface area contributed by atoms with E-state index < -0.39 is 35.0 Å². The van der Waals surface area contributed by atoms with Crippen LogP contribution in [0.1, 0.15) is 22.8 Å². The number of benzene rings is 1. The summed E-state index contributed by atoms with van der Waals surface area (Å²) in [5, 5.41) is 0. The van der Waals surface area contributed by atoms with E-state index in [2.05, 4.69) is 4.74 Å². The van der Waals surface area contributed by atoms with Crippen molar-refractivity contribution in [1.82, 2.24) is 0 Å². The van der Waals surface area contributed by atoms with Crippen LogP contribution in [0.4, 0.5) is 26.3 Å². The fourth-order valence-corrected chi connectivity index (χ4v) is 1.34. The van der Waals surface area contributed by atoms with Crippen molar-refractivity contribution in [2.45, 2.75) is 19.3 Å². The highest BCUT2D eigenvalue weighted by molar-refractivity contribution is 6.00. The zero-order valence-electron chi connectivity index (χ0n) is 9.52. The van der Waals surface area contributed by atoms with E-state index in [0.717, 1.165) is 0 Å². The highest BCUT2D eigenvalue weighted by atomic mass is 19.4. The number of ketones is 1. The number of hydrogen-bond donors (Lipinski definition) is 0. The van der Waals surface area contributed by atoms with Gasteiger partial charge in [-0.15, -0.1) is 0 Å². The second-order valence-corrected chi connectivity index (χ2v) is 3.47. The lowest BCUT2D eigenvalue weighted by Gasteiger charge is -2.14. The number of carbonyl (C=O) groups is 1. The molecule has 0 N–H and O–H groups in total. The van der Waals surface area contributed by atoms with Crippen molar-refractivity contribution in [3.8, 4) is 5.75 Å². The number of alkyl halides is 6. The van der Waals surface area contributed by atoms with Gasteiger partial charge in [0.1, 0.15) is 5.75 Å². The summed E-state index contributed by atoms with van der Waals surface area (Å²) in [4.78, 5) is 10.9. The molecular formula is C11H8F6O2. The first-order chi connectivity index (χ1) is 8.57. The molecule has 2 nitrogen and oxygen atoms in total. The van der Waals surface area contributed by atoms with Crippen LogP contribution >= 0.6 is 0 Å². The molecule has 0 spiro atoms. The Hall–Kier alpha value is -1.73. The Morgan fingerprint density at radius 3 is 2.16 bits per heavy atom. The van der Waals surface area contributed by atoms with E-state index in [9.17, 15) is 31.1 Å². The summed E-state index contributed by atoms with van der Waals surface area (Å²) in [6, 6.07) is 1.49. The topological polar surface area (TPSA) is 26.3 Å². The Balaban J connectivity index is 3.30. The van der Waals surface area contributed by atoms with Gasteiger partial charge in [0.05, 0.1) is 12.2 Å². The van der Waals surface area contributed by atoms with Crippen molar-refractivity contribution in [3.63, 3.8) is 0 Å². The molecule has 0 bridgehead atoms. The van der Waals surface area contributed by atoms with E-state index in [1.54, 1.807) is 0 Å². The van der Waals surface area contributed by atoms with E-state index in [0.29, 0.717) is 12.1 Å². The quantitative estimate of drug-likeness (QED) is 0.623. The fourth-order valence-electron chi connectivity index (χ4n) is 1.34. The first-order valence-electron chi connectivity index (χ1n) is 5.03. The largest absolute Gasteiger partial charge is 0.493 e. The van der Waals surface area contributed by atoms with Gasteiger partial charge in [-0.3, -0.25) is 4.79 Å². The van der Waals surface area contributed by atoms with Gasteiger partial charge in [-0.1, -0.05) is 0 Å². The van der Waals surface area contributed by atoms with Crippen molar-refractivity contribution in [1.29, 1.82) is 0 Å². The summed E-state index contributed by atoms with van der Waals surface area (Å²) >= 11 is 0. The number of halogens is 6. The molecule has 0 aliphatic carbocycles. The molecule has 0 saturated heterocycles. The van der Waals surface area contributed by atoms with Gasteiger partial charge in [-0.25, -0.2) is 0 Å². The van der Waals surface area contributed by atoms with Gasteiger partial charge in [0, 0.05) is 5.56 Å². The second-order valence-electron chi connectivity index (χ2n) is 3.47. The molecule has 0 radical (unpaired) electrons. The Kier molecular flexibility index (Phi) is 4.12. The standard InChI is InChI=1S/C11H8F6O2/c1-2-19-8-4-3-6(9(18)11(15,16)17)5-7(8)10(12,13)14/h3-5H,2H2,1H3. The maximum absolute atomic E-state index is 12.6. The molecule has 1 aromatic carbocycles. The number of hydrogen-bond acceptors (Lipinski definition) is 2. The lowest BCUT2D eigenvalue weighted by atomic mass is 10.1. The summed E-state index contributed by atoms with van der Waals surface area (Å²) in [5.74, 6) is -2.95. The summed E-state index contributed by atoms with van der Waals surface area (Å²) in [6.45, 7) is 1.34. The molecule has 0 amide bonds. The van der Waals surface area contributed by atoms with Crippen LogP contribution in [-0.4, -0.2) is 18.6 Å². The van der Waals surface area contributed by atoms with E-state index >= 15 is 0 Å². The molecule has 0 aliphatic heterocycles. The van der Waals surface area contributed by atoms with Crippen molar-refractivity contribution in [2.75, 3.05) is 6.61 Å². The van der Waals surface area contributed by atoms with Crippen LogP contribution in [0.2, 0.25) is 0 Å². The minimum atomic E-state index is -5.23. The highest BCUT2D eigenvalue weighted by Gasteiger charge is 2.41. The number of rotatable bonds is 3. The highest BCUT2D eigenvalue weighted by Crippen LogP contribution is 2.37. The Labute approximate surface area is 104 Å². The van der Waals surface area contributed by atoms with Gasteiger partial charge >= 0.3 is 12.4 Å². The molecule has 8 heteroatoms. The molecule has 0 heterocycles. The fraction of sp³-hybridized carbons (Fsp3) is 0.364. The SMILES string of the molecule is CCOc1ccc(C(=O)C(F)(F)F)cc1C(F)(F)F. The molecule has 0 aliphatic rings. The average Bonchev–Trinajstić information content (AvgIpc) is 2.26. The van der Waals surface area contributed by atoms with Gasteiger partial charge in [0.2, 0.25) is 0 Å². The van der Waals surface area contributed by atoms with E-state index in [4.69, 9.17) is 0 Å². The van der Waals surface area contributed by atoms with Gasteiger partial charge in [0.15, 0.2) is 0 Å². The Bertz CT molecular complexity index is 475. The van der Waals surface area contributed by atoms with Crippen LogP contribution in [0.5, 0.6) is 5.75 Å². The predicted octanol–water partition coefficient (Wildman–Crippen LogP) is 3.85. The van der Waals surface area contributed by atoms with E-state index in [1.165, 1.54) is 6.92 Å². The summed E-state index contributed by atoms with van der Waals surface area (Å²) < 4.78 is 79.0. The summed E-state index contributed by atoms with van der Waals surface area (Å²) in [7, 11) is 0. The molecule has 0 saturated carbocycles. The summed E-state index contributed by atoms with van der Waals surface area (Å²) in [6.07, 6.45) is -10.1. The molecule has 1 aromatic rings. The smallest absolute Gasteiger partial charge is 0.454 e. The third kappa shape index (κ3) is 3.62. The number of ether oxygens (including phenoxy) is 1. The van der Waals surface area contributed by atoms with Crippen LogP contribution < -0.4 is 4.74 Å². The van der Waals surface area contributed by atoms with Crippen molar-refractivity contribution >= 4 is 5.78 Å². The van der Waals surface area contributed by atoms with Crippen LogP contribution in [0.3, 0.4) is 0 Å². The first kappa shape index (κ1) is 15.3. The average molecular weight is 286 g/mol. The maximum Gasteiger partial charge on any atom is 0.454 e. The van der Waals surface area contributed by atoms with Gasteiger partial charge in [0.25, 0.3) is 5.78 Å². The minimum Gasteiger partial charge on any atom is -0.493 e. The lowest BCUT2D eigenvalue weighted by molar-refractivity contribution is -0.139. The predicted molar refractivity (Wildman–Crippen MR) is 53.0 cm³/mol. The molecule has 19 heavy (non-hydrogen) atoms. The minimum absolute atomic E-state index is 0.0877. The van der Waals surface area contributed by atoms with Crippen molar-refractivity contribution in [3.05, 3.63) is 29.3 Å². The number of carbonyl (C=O) groups excluding carboxylic acids is 1. The second kappa shape index (κ2) is 5.10. The maximum atomic E-state index is 12.6. The Morgan fingerprint density at radius 2 is 1.74 bits per heavy atom. The van der Waals surface area contributed by atoms with Gasteiger partial charge in [-0.2, -0.15) is 26.3 Å². The third-order valence-corrected chi connectivity index (χ3v) is 2.10. The van der Waals surface area contributed by atoms with E-state index in [-0.39, 0.29) is 12.7 Å². The van der Waals surface area contributed by atoms with Crippen molar-refractivity contribution < 1.29 is 35.9 Å². The lowest BCUT2D eigenvalue weighted by Crippen LogP contribution is -2.23. The van der Waals surface area contributed by atoms with Crippen LogP contribution in [0.25, 0.3) is 0 Å². The Morgan fingerprint density at radius 1 is 1.16 bits per heavy atom. The molecule has 0 aromatic heterocycles. The monoisotopic (exact) mass is 286 g/mol. The molecule has 0 unspecified atom stereocenters. The zero-order chi connectivity index (χ0) is 14.8. The van der Waals surface area contributed by atoms with Crippen molar-refractivity contribution in [2.24, 2.45) is 0 Å². The van der Waals surface area contributed by atoms with Crippen LogP contribution in [0.15, 0.2) is 18.2 Å². The van der Waals surface area contributed by atoms with Crippen LogP contribution in [-0.2, 0) is 6.18 Å². The molecule has 106 valence electrons.